The number of aromatic nitrogens is 2. The highest BCUT2D eigenvalue weighted by molar-refractivity contribution is 5.32. The van der Waals surface area contributed by atoms with E-state index < -0.39 is 0 Å². The molecule has 0 aliphatic heterocycles. The summed E-state index contributed by atoms with van der Waals surface area (Å²) in [5.41, 5.74) is 1.21. The van der Waals surface area contributed by atoms with Gasteiger partial charge in [0.15, 0.2) is 0 Å². The molecular formula is C16H23N3O. The predicted molar refractivity (Wildman–Crippen MR) is 81.0 cm³/mol. The van der Waals surface area contributed by atoms with E-state index in [2.05, 4.69) is 40.8 Å². The number of hydrogen-bond acceptors (Lipinski definition) is 3. The van der Waals surface area contributed by atoms with Gasteiger partial charge in [0.1, 0.15) is 11.6 Å². The van der Waals surface area contributed by atoms with Crippen LogP contribution in [0.5, 0.6) is 5.75 Å². The number of imidazole rings is 1. The van der Waals surface area contributed by atoms with Crippen LogP contribution in [-0.4, -0.2) is 23.2 Å². The van der Waals surface area contributed by atoms with E-state index in [1.807, 2.05) is 24.5 Å². The van der Waals surface area contributed by atoms with Gasteiger partial charge in [-0.15, -0.1) is 0 Å². The maximum atomic E-state index is 5.22. The van der Waals surface area contributed by atoms with Crippen LogP contribution >= 0.6 is 0 Å². The van der Waals surface area contributed by atoms with Crippen molar-refractivity contribution in [3.05, 3.63) is 48.0 Å². The molecule has 1 unspecified atom stereocenters. The lowest BCUT2D eigenvalue weighted by molar-refractivity contribution is 0.414. The van der Waals surface area contributed by atoms with Crippen LogP contribution in [-0.2, 0) is 6.54 Å². The molecule has 20 heavy (non-hydrogen) atoms. The summed E-state index contributed by atoms with van der Waals surface area (Å²) in [5, 5.41) is 3.58. The zero-order valence-corrected chi connectivity index (χ0v) is 12.5. The van der Waals surface area contributed by atoms with Crippen molar-refractivity contribution in [3.63, 3.8) is 0 Å². The minimum absolute atomic E-state index is 0.121. The average Bonchev–Trinajstić information content (AvgIpc) is 2.96. The Morgan fingerprint density at radius 2 is 2.00 bits per heavy atom. The molecule has 0 radical (unpaired) electrons. The van der Waals surface area contributed by atoms with E-state index in [4.69, 9.17) is 4.74 Å². The second-order valence-electron chi connectivity index (χ2n) is 4.73. The van der Waals surface area contributed by atoms with Crippen LogP contribution in [0.1, 0.15) is 37.7 Å². The van der Waals surface area contributed by atoms with Crippen LogP contribution in [0.2, 0.25) is 0 Å². The fraction of sp³-hybridized carbons (Fsp3) is 0.438. The fourth-order valence-electron chi connectivity index (χ4n) is 2.29. The summed E-state index contributed by atoms with van der Waals surface area (Å²) in [6.07, 6.45) is 4.99. The molecule has 2 rings (SSSR count). The fourth-order valence-corrected chi connectivity index (χ4v) is 2.29. The minimum atomic E-state index is 0.121. The van der Waals surface area contributed by atoms with Gasteiger partial charge in [0.2, 0.25) is 0 Å². The number of rotatable bonds is 7. The van der Waals surface area contributed by atoms with Gasteiger partial charge in [-0.25, -0.2) is 4.98 Å². The lowest BCUT2D eigenvalue weighted by Gasteiger charge is -2.20. The zero-order valence-electron chi connectivity index (χ0n) is 12.5. The predicted octanol–water partition coefficient (Wildman–Crippen LogP) is 3.00. The smallest absolute Gasteiger partial charge is 0.130 e. The summed E-state index contributed by atoms with van der Waals surface area (Å²) >= 11 is 0. The molecule has 0 bridgehead atoms. The Kier molecular flexibility index (Phi) is 5.18. The number of hydrogen-bond donors (Lipinski definition) is 1. The van der Waals surface area contributed by atoms with Gasteiger partial charge in [-0.3, -0.25) is 0 Å². The summed E-state index contributed by atoms with van der Waals surface area (Å²) in [7, 11) is 1.69. The summed E-state index contributed by atoms with van der Waals surface area (Å²) < 4.78 is 7.40. The Morgan fingerprint density at radius 3 is 2.60 bits per heavy atom. The highest BCUT2D eigenvalue weighted by atomic mass is 16.5. The zero-order chi connectivity index (χ0) is 14.4. The molecule has 0 saturated carbocycles. The first-order chi connectivity index (χ1) is 9.80. The topological polar surface area (TPSA) is 39.1 Å². The van der Waals surface area contributed by atoms with E-state index in [0.29, 0.717) is 0 Å². The van der Waals surface area contributed by atoms with E-state index in [-0.39, 0.29) is 6.04 Å². The first kappa shape index (κ1) is 14.6. The van der Waals surface area contributed by atoms with Crippen LogP contribution in [0.4, 0.5) is 0 Å². The van der Waals surface area contributed by atoms with E-state index in [0.717, 1.165) is 31.1 Å². The quantitative estimate of drug-likeness (QED) is 0.843. The van der Waals surface area contributed by atoms with E-state index in [1.165, 1.54) is 5.56 Å². The van der Waals surface area contributed by atoms with Crippen molar-refractivity contribution in [1.29, 1.82) is 0 Å². The van der Waals surface area contributed by atoms with Crippen molar-refractivity contribution in [2.45, 2.75) is 32.9 Å². The molecule has 2 aromatic rings. The van der Waals surface area contributed by atoms with Crippen molar-refractivity contribution in [2.75, 3.05) is 13.7 Å². The lowest BCUT2D eigenvalue weighted by atomic mass is 10.1. The van der Waals surface area contributed by atoms with Crippen molar-refractivity contribution in [2.24, 2.45) is 0 Å². The molecule has 0 fully saturated rings. The third-order valence-corrected chi connectivity index (χ3v) is 3.39. The first-order valence-electron chi connectivity index (χ1n) is 7.18. The van der Waals surface area contributed by atoms with Gasteiger partial charge in [-0.1, -0.05) is 19.1 Å². The molecule has 4 nitrogen and oxygen atoms in total. The Bertz CT molecular complexity index is 519. The van der Waals surface area contributed by atoms with Crippen LogP contribution in [0.15, 0.2) is 36.7 Å². The Labute approximate surface area is 120 Å². The van der Waals surface area contributed by atoms with Crippen LogP contribution in [0, 0.1) is 0 Å². The molecule has 0 aliphatic rings. The second-order valence-corrected chi connectivity index (χ2v) is 4.73. The molecule has 1 heterocycles. The number of methoxy groups -OCH3 is 1. The van der Waals surface area contributed by atoms with E-state index in [1.54, 1.807) is 7.11 Å². The van der Waals surface area contributed by atoms with Gasteiger partial charge < -0.3 is 14.6 Å². The van der Waals surface area contributed by atoms with Gasteiger partial charge in [0.05, 0.1) is 13.2 Å². The summed E-state index contributed by atoms with van der Waals surface area (Å²) in [4.78, 5) is 4.53. The second kappa shape index (κ2) is 7.10. The highest BCUT2D eigenvalue weighted by Gasteiger charge is 2.18. The van der Waals surface area contributed by atoms with Crippen LogP contribution in [0.25, 0.3) is 0 Å². The molecule has 0 spiro atoms. The number of aryl methyl sites for hydroxylation is 1. The van der Waals surface area contributed by atoms with Crippen molar-refractivity contribution in [3.8, 4) is 5.75 Å². The average molecular weight is 273 g/mol. The molecule has 4 heteroatoms. The molecule has 1 aromatic heterocycles. The van der Waals surface area contributed by atoms with Gasteiger partial charge in [-0.05, 0) is 37.6 Å². The highest BCUT2D eigenvalue weighted by Crippen LogP contribution is 2.23. The lowest BCUT2D eigenvalue weighted by Crippen LogP contribution is -2.26. The monoisotopic (exact) mass is 273 g/mol. The third-order valence-electron chi connectivity index (χ3n) is 3.39. The summed E-state index contributed by atoms with van der Waals surface area (Å²) in [6, 6.07) is 8.31. The van der Waals surface area contributed by atoms with E-state index >= 15 is 0 Å². The Hall–Kier alpha value is -1.81. The standard InChI is InChI=1S/C16H23N3O/c1-4-10-17-15(16-18-11-12-19(16)5-2)13-6-8-14(20-3)9-7-13/h6-9,11-12,15,17H,4-5,10H2,1-3H3. The van der Waals surface area contributed by atoms with Crippen LogP contribution < -0.4 is 10.1 Å². The molecule has 0 saturated heterocycles. The van der Waals surface area contributed by atoms with Crippen molar-refractivity contribution in [1.82, 2.24) is 14.9 Å². The number of benzene rings is 1. The Morgan fingerprint density at radius 1 is 1.25 bits per heavy atom. The summed E-state index contributed by atoms with van der Waals surface area (Å²) in [5.74, 6) is 1.94. The van der Waals surface area contributed by atoms with Crippen molar-refractivity contribution >= 4 is 0 Å². The largest absolute Gasteiger partial charge is 0.497 e. The summed E-state index contributed by atoms with van der Waals surface area (Å²) in [6.45, 7) is 6.20. The van der Waals surface area contributed by atoms with Gasteiger partial charge >= 0.3 is 0 Å². The number of nitrogens with one attached hydrogen (secondary N) is 1. The third kappa shape index (κ3) is 3.20. The molecular weight excluding hydrogens is 250 g/mol. The Balaban J connectivity index is 2.30. The molecule has 1 atom stereocenters. The van der Waals surface area contributed by atoms with Gasteiger partial charge in [-0.2, -0.15) is 0 Å². The molecule has 0 amide bonds. The minimum Gasteiger partial charge on any atom is -0.497 e. The first-order valence-corrected chi connectivity index (χ1v) is 7.18. The number of nitrogens with zero attached hydrogens (tertiary/aromatic N) is 2. The van der Waals surface area contributed by atoms with E-state index in [9.17, 15) is 0 Å². The maximum Gasteiger partial charge on any atom is 0.130 e. The SMILES string of the molecule is CCCNC(c1ccc(OC)cc1)c1nccn1CC. The van der Waals surface area contributed by atoms with Gasteiger partial charge in [0.25, 0.3) is 0 Å². The molecule has 108 valence electrons. The van der Waals surface area contributed by atoms with Gasteiger partial charge in [0, 0.05) is 18.9 Å². The molecule has 1 N–H and O–H groups in total. The van der Waals surface area contributed by atoms with Crippen molar-refractivity contribution < 1.29 is 4.74 Å². The van der Waals surface area contributed by atoms with Crippen LogP contribution in [0.3, 0.4) is 0 Å². The normalized spacial score (nSPS) is 12.3. The molecule has 0 aliphatic carbocycles. The molecule has 1 aromatic carbocycles. The number of ether oxygens (including phenoxy) is 1. The maximum absolute atomic E-state index is 5.22.